The standard InChI is InChI=1S/C19H22N4O5/c1-3-4-9-23-15(20)14(16(24)21-19(23)27)22(2)17(25)13-10-11-7-5-6-8-12(11)18(26)28-13/h5-8,13H,3-4,9-10,20H2,1-2H3,(H,21,24,27)/t13-/m1/s1. The Labute approximate surface area is 160 Å². The molecule has 0 fully saturated rings. The molecule has 0 saturated carbocycles. The Hall–Kier alpha value is -3.36. The van der Waals surface area contributed by atoms with Crippen LogP contribution in [0.2, 0.25) is 0 Å². The third-order valence-electron chi connectivity index (χ3n) is 4.78. The summed E-state index contributed by atoms with van der Waals surface area (Å²) in [5.74, 6) is -1.29. The van der Waals surface area contributed by atoms with Crippen LogP contribution < -0.4 is 21.9 Å². The number of amides is 1. The lowest BCUT2D eigenvalue weighted by Crippen LogP contribution is -2.46. The first-order valence-electron chi connectivity index (χ1n) is 9.04. The highest BCUT2D eigenvalue weighted by Gasteiger charge is 2.34. The first-order valence-corrected chi connectivity index (χ1v) is 9.04. The summed E-state index contributed by atoms with van der Waals surface area (Å²) in [7, 11) is 1.37. The van der Waals surface area contributed by atoms with Crippen molar-refractivity contribution in [2.24, 2.45) is 0 Å². The molecule has 0 radical (unpaired) electrons. The summed E-state index contributed by atoms with van der Waals surface area (Å²) < 4.78 is 6.49. The SMILES string of the molecule is CCCCn1c(N)c(N(C)C(=O)[C@H]2Cc3ccccc3C(=O)O2)c(=O)[nH]c1=O. The van der Waals surface area contributed by atoms with Gasteiger partial charge in [0, 0.05) is 20.0 Å². The average molecular weight is 386 g/mol. The molecule has 9 heteroatoms. The molecule has 1 aromatic carbocycles. The van der Waals surface area contributed by atoms with E-state index < -0.39 is 29.2 Å². The maximum Gasteiger partial charge on any atom is 0.339 e. The van der Waals surface area contributed by atoms with Crippen LogP contribution in [0.25, 0.3) is 0 Å². The number of cyclic esters (lactones) is 1. The van der Waals surface area contributed by atoms with Crippen LogP contribution in [0.1, 0.15) is 35.7 Å². The number of fused-ring (bicyclic) bond motifs is 1. The minimum absolute atomic E-state index is 0.0967. The van der Waals surface area contributed by atoms with Gasteiger partial charge in [-0.3, -0.25) is 19.1 Å². The van der Waals surface area contributed by atoms with Crippen molar-refractivity contribution >= 4 is 23.4 Å². The number of rotatable bonds is 5. The van der Waals surface area contributed by atoms with Crippen LogP contribution in [-0.2, 0) is 22.5 Å². The molecule has 3 N–H and O–H groups in total. The fourth-order valence-corrected chi connectivity index (χ4v) is 3.24. The lowest BCUT2D eigenvalue weighted by molar-refractivity contribution is -0.127. The van der Waals surface area contributed by atoms with Crippen LogP contribution in [0.15, 0.2) is 33.9 Å². The molecule has 0 aliphatic carbocycles. The number of nitrogens with two attached hydrogens (primary N) is 1. The van der Waals surface area contributed by atoms with Gasteiger partial charge in [0.1, 0.15) is 5.82 Å². The number of benzene rings is 1. The number of carbonyl (C=O) groups is 2. The van der Waals surface area contributed by atoms with E-state index in [1.165, 1.54) is 11.6 Å². The van der Waals surface area contributed by atoms with Gasteiger partial charge in [-0.25, -0.2) is 9.59 Å². The smallest absolute Gasteiger partial charge is 0.339 e. The number of ether oxygens (including phenoxy) is 1. The van der Waals surface area contributed by atoms with Gasteiger partial charge >= 0.3 is 11.7 Å². The van der Waals surface area contributed by atoms with Gasteiger partial charge in [-0.15, -0.1) is 0 Å². The molecule has 1 aliphatic heterocycles. The number of anilines is 2. The summed E-state index contributed by atoms with van der Waals surface area (Å²) >= 11 is 0. The largest absolute Gasteiger partial charge is 0.448 e. The van der Waals surface area contributed by atoms with Crippen molar-refractivity contribution in [3.8, 4) is 0 Å². The lowest BCUT2D eigenvalue weighted by Gasteiger charge is -2.28. The Bertz CT molecular complexity index is 1040. The summed E-state index contributed by atoms with van der Waals surface area (Å²) in [4.78, 5) is 52.7. The second-order valence-corrected chi connectivity index (χ2v) is 6.65. The molecule has 0 spiro atoms. The third kappa shape index (κ3) is 3.42. The quantitative estimate of drug-likeness (QED) is 0.727. The van der Waals surface area contributed by atoms with E-state index in [1.807, 2.05) is 6.92 Å². The highest BCUT2D eigenvalue weighted by Crippen LogP contribution is 2.24. The number of nitrogens with one attached hydrogen (secondary N) is 1. The molecule has 28 heavy (non-hydrogen) atoms. The normalized spacial score (nSPS) is 15.6. The number of H-pyrrole nitrogens is 1. The summed E-state index contributed by atoms with van der Waals surface area (Å²) in [6.07, 6.45) is 0.622. The molecule has 1 aliphatic rings. The number of aromatic nitrogens is 2. The predicted octanol–water partition coefficient (Wildman–Crippen LogP) is 0.663. The van der Waals surface area contributed by atoms with Crippen molar-refractivity contribution in [2.75, 3.05) is 17.7 Å². The fourth-order valence-electron chi connectivity index (χ4n) is 3.24. The first kappa shape index (κ1) is 19.4. The molecule has 0 unspecified atom stereocenters. The molecular weight excluding hydrogens is 364 g/mol. The van der Waals surface area contributed by atoms with Crippen molar-refractivity contribution in [3.05, 3.63) is 56.2 Å². The zero-order chi connectivity index (χ0) is 20.4. The Kier molecular flexibility index (Phi) is 5.34. The molecule has 2 heterocycles. The van der Waals surface area contributed by atoms with Crippen LogP contribution in [0, 0.1) is 0 Å². The number of nitrogens with zero attached hydrogens (tertiary/aromatic N) is 2. The summed E-state index contributed by atoms with van der Waals surface area (Å²) in [5.41, 5.74) is 5.61. The molecule has 1 atom stereocenters. The van der Waals surface area contributed by atoms with E-state index in [0.29, 0.717) is 24.1 Å². The molecule has 0 saturated heterocycles. The lowest BCUT2D eigenvalue weighted by atomic mass is 9.98. The van der Waals surface area contributed by atoms with Gasteiger partial charge in [-0.2, -0.15) is 0 Å². The second kappa shape index (κ2) is 7.71. The Morgan fingerprint density at radius 2 is 2.04 bits per heavy atom. The number of hydrogen-bond acceptors (Lipinski definition) is 6. The van der Waals surface area contributed by atoms with Gasteiger partial charge in [-0.05, 0) is 18.1 Å². The average Bonchev–Trinajstić information content (AvgIpc) is 2.67. The molecule has 1 amide bonds. The number of aromatic amines is 1. The van der Waals surface area contributed by atoms with Gasteiger partial charge in [0.25, 0.3) is 11.5 Å². The van der Waals surface area contributed by atoms with E-state index in [0.717, 1.165) is 11.3 Å². The second-order valence-electron chi connectivity index (χ2n) is 6.65. The van der Waals surface area contributed by atoms with Crippen LogP contribution in [0.5, 0.6) is 0 Å². The number of nitrogen functional groups attached to an aromatic ring is 1. The molecule has 148 valence electrons. The highest BCUT2D eigenvalue weighted by molar-refractivity contribution is 6.02. The highest BCUT2D eigenvalue weighted by atomic mass is 16.5. The van der Waals surface area contributed by atoms with E-state index in [4.69, 9.17) is 10.5 Å². The van der Waals surface area contributed by atoms with Crippen LogP contribution in [0.3, 0.4) is 0 Å². The summed E-state index contributed by atoms with van der Waals surface area (Å²) in [5, 5.41) is 0. The molecule has 1 aromatic heterocycles. The van der Waals surface area contributed by atoms with Crippen molar-refractivity contribution in [1.82, 2.24) is 9.55 Å². The van der Waals surface area contributed by atoms with Gasteiger partial charge < -0.3 is 15.4 Å². The predicted molar refractivity (Wildman–Crippen MR) is 103 cm³/mol. The molecular formula is C19H22N4O5. The zero-order valence-electron chi connectivity index (χ0n) is 15.7. The number of esters is 1. The molecule has 3 rings (SSSR count). The Morgan fingerprint density at radius 3 is 2.75 bits per heavy atom. The summed E-state index contributed by atoms with van der Waals surface area (Å²) in [6, 6.07) is 6.87. The Balaban J connectivity index is 1.93. The van der Waals surface area contributed by atoms with Gasteiger partial charge in [0.05, 0.1) is 5.56 Å². The van der Waals surface area contributed by atoms with Crippen molar-refractivity contribution in [3.63, 3.8) is 0 Å². The van der Waals surface area contributed by atoms with E-state index >= 15 is 0 Å². The monoisotopic (exact) mass is 386 g/mol. The first-order chi connectivity index (χ1) is 13.3. The molecule has 2 aromatic rings. The van der Waals surface area contributed by atoms with Crippen LogP contribution in [0.4, 0.5) is 11.5 Å². The fraction of sp³-hybridized carbons (Fsp3) is 0.368. The minimum atomic E-state index is -1.08. The van der Waals surface area contributed by atoms with Gasteiger partial charge in [0.2, 0.25) is 0 Å². The topological polar surface area (TPSA) is 127 Å². The van der Waals surface area contributed by atoms with Crippen LogP contribution in [-0.4, -0.2) is 34.6 Å². The van der Waals surface area contributed by atoms with E-state index in [2.05, 4.69) is 4.98 Å². The number of unbranched alkanes of at least 4 members (excludes halogenated alkanes) is 1. The van der Waals surface area contributed by atoms with Crippen molar-refractivity contribution in [2.45, 2.75) is 38.8 Å². The number of hydrogen-bond donors (Lipinski definition) is 2. The van der Waals surface area contributed by atoms with Gasteiger partial charge in [0.15, 0.2) is 11.8 Å². The Morgan fingerprint density at radius 1 is 1.32 bits per heavy atom. The maximum atomic E-state index is 12.9. The van der Waals surface area contributed by atoms with Crippen LogP contribution >= 0.6 is 0 Å². The number of likely N-dealkylation sites (N-methyl/N-ethyl adjacent to an activating group) is 1. The van der Waals surface area contributed by atoms with Crippen molar-refractivity contribution in [1.29, 1.82) is 0 Å². The summed E-state index contributed by atoms with van der Waals surface area (Å²) in [6.45, 7) is 2.28. The number of carbonyl (C=O) groups excluding carboxylic acids is 2. The minimum Gasteiger partial charge on any atom is -0.448 e. The molecule has 9 nitrogen and oxygen atoms in total. The van der Waals surface area contributed by atoms with Gasteiger partial charge in [-0.1, -0.05) is 31.5 Å². The van der Waals surface area contributed by atoms with E-state index in [1.54, 1.807) is 24.3 Å². The van der Waals surface area contributed by atoms with E-state index in [-0.39, 0.29) is 17.9 Å². The maximum absolute atomic E-state index is 12.9. The van der Waals surface area contributed by atoms with Crippen molar-refractivity contribution < 1.29 is 14.3 Å². The van der Waals surface area contributed by atoms with E-state index in [9.17, 15) is 19.2 Å². The third-order valence-corrected chi connectivity index (χ3v) is 4.78. The zero-order valence-corrected chi connectivity index (χ0v) is 15.7. The molecule has 0 bridgehead atoms.